The van der Waals surface area contributed by atoms with E-state index < -0.39 is 23.5 Å². The van der Waals surface area contributed by atoms with Crippen molar-refractivity contribution in [3.8, 4) is 0 Å². The van der Waals surface area contributed by atoms with Crippen molar-refractivity contribution in [2.24, 2.45) is 0 Å². The second kappa shape index (κ2) is 5.16. The molecular formula is H6ClO10P3. The van der Waals surface area contributed by atoms with Crippen molar-refractivity contribution in [2.45, 2.75) is 0 Å². The number of halogens is 1. The minimum Gasteiger partial charge on any atom is -0.302 e. The first-order valence-electron chi connectivity index (χ1n) is 2.28. The van der Waals surface area contributed by atoms with Crippen molar-refractivity contribution < 1.29 is 46.8 Å². The Balaban J connectivity index is 0. The fourth-order valence-electron chi connectivity index (χ4n) is 0.284. The largest absolute Gasteiger partial charge is 0.490 e. The van der Waals surface area contributed by atoms with Crippen LogP contribution in [0.2, 0.25) is 0 Å². The van der Waals surface area contributed by atoms with Crippen LogP contribution in [-0.4, -0.2) is 24.5 Å². The van der Waals surface area contributed by atoms with Crippen molar-refractivity contribution in [3.63, 3.8) is 0 Å². The van der Waals surface area contributed by atoms with Gasteiger partial charge in [-0.25, -0.2) is 13.7 Å². The van der Waals surface area contributed by atoms with E-state index in [2.05, 4.69) is 8.62 Å². The standard InChI is InChI=1S/ClH.H5O10P3/c;1-11(2,3)9-13(7,8)10-12(4,5)6/h1H;(H,7,8)(H2,1,2,3)(H2,4,5,6). The first kappa shape index (κ1) is 17.1. The van der Waals surface area contributed by atoms with E-state index in [0.717, 1.165) is 0 Å². The molecule has 0 saturated carbocycles. The van der Waals surface area contributed by atoms with Crippen LogP contribution in [0.3, 0.4) is 0 Å². The Hall–Kier alpha value is 0.700. The topological polar surface area (TPSA) is 171 Å². The molecule has 0 unspecified atom stereocenters. The Morgan fingerprint density at radius 3 is 1.07 bits per heavy atom. The van der Waals surface area contributed by atoms with E-state index in [-0.39, 0.29) is 12.4 Å². The minimum absolute atomic E-state index is 0. The summed E-state index contributed by atoms with van der Waals surface area (Å²) in [6, 6.07) is 0. The van der Waals surface area contributed by atoms with Crippen molar-refractivity contribution >= 4 is 35.9 Å². The highest BCUT2D eigenvalue weighted by Gasteiger charge is 2.38. The molecule has 0 aromatic carbocycles. The lowest BCUT2D eigenvalue weighted by atomic mass is 15.7. The lowest BCUT2D eigenvalue weighted by Crippen LogP contribution is -1.91. The van der Waals surface area contributed by atoms with Gasteiger partial charge in [0.15, 0.2) is 0 Å². The Labute approximate surface area is 83.4 Å². The predicted molar refractivity (Wildman–Crippen MR) is 43.3 cm³/mol. The second-order valence-corrected chi connectivity index (χ2v) is 5.82. The second-order valence-electron chi connectivity index (χ2n) is 1.61. The summed E-state index contributed by atoms with van der Waals surface area (Å²) >= 11 is 0. The summed E-state index contributed by atoms with van der Waals surface area (Å²) in [5.74, 6) is 0. The summed E-state index contributed by atoms with van der Waals surface area (Å²) in [6.45, 7) is 0. The highest BCUT2D eigenvalue weighted by Crippen LogP contribution is 2.64. The molecule has 0 spiro atoms. The predicted octanol–water partition coefficient (Wildman–Crippen LogP) is -0.273. The van der Waals surface area contributed by atoms with Gasteiger partial charge in [0.1, 0.15) is 0 Å². The zero-order chi connectivity index (χ0) is 10.9. The maximum Gasteiger partial charge on any atom is 0.490 e. The molecule has 0 aliphatic heterocycles. The highest BCUT2D eigenvalue weighted by molar-refractivity contribution is 7.66. The van der Waals surface area contributed by atoms with Crippen LogP contribution in [-0.2, 0) is 22.3 Å². The Morgan fingerprint density at radius 2 is 0.929 bits per heavy atom. The maximum atomic E-state index is 10.4. The molecule has 0 atom stereocenters. The molecule has 14 heavy (non-hydrogen) atoms. The molecule has 88 valence electrons. The van der Waals surface area contributed by atoms with E-state index in [1.807, 2.05) is 0 Å². The molecule has 5 N–H and O–H groups in total. The summed E-state index contributed by atoms with van der Waals surface area (Å²) in [5, 5.41) is 0. The number of hydrogen-bond acceptors (Lipinski definition) is 5. The van der Waals surface area contributed by atoms with Crippen LogP contribution in [0.4, 0.5) is 0 Å². The maximum absolute atomic E-state index is 10.4. The van der Waals surface area contributed by atoms with Crippen LogP contribution in [0.25, 0.3) is 0 Å². The van der Waals surface area contributed by atoms with E-state index in [4.69, 9.17) is 24.5 Å². The Bertz CT molecular complexity index is 277. The van der Waals surface area contributed by atoms with Gasteiger partial charge in [-0.3, -0.25) is 0 Å². The van der Waals surface area contributed by atoms with Crippen LogP contribution in [0.5, 0.6) is 0 Å². The summed E-state index contributed by atoms with van der Waals surface area (Å²) in [4.78, 5) is 40.2. The molecule has 10 nitrogen and oxygen atoms in total. The molecule has 0 aliphatic rings. The van der Waals surface area contributed by atoms with Gasteiger partial charge in [-0.05, 0) is 0 Å². The van der Waals surface area contributed by atoms with Crippen LogP contribution >= 0.6 is 35.9 Å². The highest BCUT2D eigenvalue weighted by atomic mass is 35.5. The van der Waals surface area contributed by atoms with Crippen molar-refractivity contribution in [1.29, 1.82) is 0 Å². The third-order valence-electron chi connectivity index (χ3n) is 0.419. The number of rotatable bonds is 4. The quantitative estimate of drug-likeness (QED) is 0.434. The average Bonchev–Trinajstić information content (AvgIpc) is 1.43. The molecule has 0 bridgehead atoms. The Kier molecular flexibility index (Phi) is 6.30. The summed E-state index contributed by atoms with van der Waals surface area (Å²) < 4.78 is 36.4. The van der Waals surface area contributed by atoms with Crippen LogP contribution < -0.4 is 0 Å². The molecule has 0 aromatic heterocycles. The molecule has 0 amide bonds. The van der Waals surface area contributed by atoms with Gasteiger partial charge >= 0.3 is 23.5 Å². The van der Waals surface area contributed by atoms with Crippen molar-refractivity contribution in [1.82, 2.24) is 0 Å². The lowest BCUT2D eigenvalue weighted by Gasteiger charge is -2.11. The molecule has 0 heterocycles. The third kappa shape index (κ3) is 10.8. The van der Waals surface area contributed by atoms with E-state index in [1.54, 1.807) is 0 Å². The van der Waals surface area contributed by atoms with Gasteiger partial charge in [0.05, 0.1) is 0 Å². The van der Waals surface area contributed by atoms with Gasteiger partial charge < -0.3 is 24.5 Å². The van der Waals surface area contributed by atoms with E-state index in [1.165, 1.54) is 0 Å². The van der Waals surface area contributed by atoms with Crippen molar-refractivity contribution in [2.75, 3.05) is 0 Å². The minimum atomic E-state index is -5.46. The Morgan fingerprint density at radius 1 is 0.714 bits per heavy atom. The van der Waals surface area contributed by atoms with Gasteiger partial charge in [0, 0.05) is 0 Å². The van der Waals surface area contributed by atoms with Crippen LogP contribution in [0.1, 0.15) is 0 Å². The molecule has 0 aliphatic carbocycles. The zero-order valence-corrected chi connectivity index (χ0v) is 9.53. The molecular weight excluding hydrogens is 288 g/mol. The molecule has 0 radical (unpaired) electrons. The SMILES string of the molecule is Cl.O=P(O)(O)OP(=O)(O)OP(=O)(O)O. The molecule has 0 saturated heterocycles. The normalized spacial score (nSPS) is 13.5. The molecule has 0 aromatic rings. The van der Waals surface area contributed by atoms with Crippen LogP contribution in [0.15, 0.2) is 0 Å². The third-order valence-corrected chi connectivity index (χ3v) is 3.77. The van der Waals surface area contributed by atoms with Gasteiger partial charge in [-0.1, -0.05) is 0 Å². The summed E-state index contributed by atoms with van der Waals surface area (Å²) in [5.41, 5.74) is 0. The fraction of sp³-hybridized carbons (Fsp3) is 0. The van der Waals surface area contributed by atoms with E-state index in [9.17, 15) is 13.7 Å². The first-order chi connectivity index (χ1) is 5.41. The summed E-state index contributed by atoms with van der Waals surface area (Å²) in [7, 11) is -16.2. The van der Waals surface area contributed by atoms with Gasteiger partial charge in [0.25, 0.3) is 0 Å². The molecule has 14 heteroatoms. The van der Waals surface area contributed by atoms with E-state index in [0.29, 0.717) is 0 Å². The first-order valence-corrected chi connectivity index (χ1v) is 6.83. The van der Waals surface area contributed by atoms with Gasteiger partial charge in [-0.15, -0.1) is 12.4 Å². The fourth-order valence-corrected chi connectivity index (χ4v) is 2.82. The van der Waals surface area contributed by atoms with Crippen molar-refractivity contribution in [3.05, 3.63) is 0 Å². The molecule has 0 fully saturated rings. The zero-order valence-electron chi connectivity index (χ0n) is 6.03. The van der Waals surface area contributed by atoms with E-state index >= 15 is 0 Å². The molecule has 0 rings (SSSR count). The number of hydrogen-bond donors (Lipinski definition) is 5. The smallest absolute Gasteiger partial charge is 0.302 e. The van der Waals surface area contributed by atoms with Gasteiger partial charge in [-0.2, -0.15) is 8.62 Å². The monoisotopic (exact) mass is 294 g/mol. The summed E-state index contributed by atoms with van der Waals surface area (Å²) in [6.07, 6.45) is 0. The van der Waals surface area contributed by atoms with Gasteiger partial charge in [0.2, 0.25) is 0 Å². The number of phosphoric acid groups is 3. The van der Waals surface area contributed by atoms with Crippen LogP contribution in [0, 0.1) is 0 Å². The average molecular weight is 294 g/mol. The lowest BCUT2D eigenvalue weighted by molar-refractivity contribution is 0.204.